The number of hydrogen-bond acceptors (Lipinski definition) is 4. The van der Waals surface area contributed by atoms with Crippen LogP contribution in [0.5, 0.6) is 11.5 Å². The number of rotatable bonds is 7. The molecular weight excluding hydrogens is 424 g/mol. The first-order chi connectivity index (χ1) is 16.6. The van der Waals surface area contributed by atoms with Crippen molar-refractivity contribution in [1.29, 1.82) is 0 Å². The van der Waals surface area contributed by atoms with E-state index in [2.05, 4.69) is 13.0 Å². The van der Waals surface area contributed by atoms with E-state index in [9.17, 15) is 9.59 Å². The topological polar surface area (TPSA) is 52.6 Å². The second-order valence-electron chi connectivity index (χ2n) is 9.02. The van der Waals surface area contributed by atoms with E-state index in [0.29, 0.717) is 22.6 Å². The van der Waals surface area contributed by atoms with Gasteiger partial charge in [-0.15, -0.1) is 0 Å². The van der Waals surface area contributed by atoms with Crippen molar-refractivity contribution < 1.29 is 19.1 Å². The zero-order chi connectivity index (χ0) is 23.9. The van der Waals surface area contributed by atoms with Gasteiger partial charge in [-0.3, -0.25) is 0 Å². The molecule has 1 aliphatic carbocycles. The number of hydrogen-bond donors (Lipinski definition) is 0. The molecule has 0 atom stereocenters. The molecule has 0 bridgehead atoms. The van der Waals surface area contributed by atoms with Crippen LogP contribution in [0.25, 0.3) is 0 Å². The minimum absolute atomic E-state index is 0.281. The van der Waals surface area contributed by atoms with Gasteiger partial charge in [0.1, 0.15) is 0 Å². The van der Waals surface area contributed by atoms with Gasteiger partial charge in [0.05, 0.1) is 11.1 Å². The molecule has 0 heterocycles. The lowest BCUT2D eigenvalue weighted by atomic mass is 9.80. The van der Waals surface area contributed by atoms with Crippen molar-refractivity contribution >= 4 is 11.9 Å². The molecule has 3 aromatic rings. The Morgan fingerprint density at radius 3 is 1.85 bits per heavy atom. The van der Waals surface area contributed by atoms with Crippen LogP contribution >= 0.6 is 0 Å². The van der Waals surface area contributed by atoms with E-state index in [0.717, 1.165) is 49.7 Å². The Balaban J connectivity index is 1.82. The molecule has 0 N–H and O–H groups in total. The summed E-state index contributed by atoms with van der Waals surface area (Å²) in [6, 6.07) is 20.0. The van der Waals surface area contributed by atoms with Crippen LogP contribution in [0.15, 0.2) is 66.7 Å². The minimum atomic E-state index is -0.460. The summed E-state index contributed by atoms with van der Waals surface area (Å²) in [5, 5.41) is 0. The summed E-state index contributed by atoms with van der Waals surface area (Å²) in [5.41, 5.74) is 3.94. The SMILES string of the molecule is CCCc1cc(C)c(OC(=O)c2ccccc2)c(OC(=O)c2ccccc2)c1C1CCCCC1. The van der Waals surface area contributed by atoms with Crippen LogP contribution in [-0.2, 0) is 6.42 Å². The Bertz CT molecular complexity index is 1130. The van der Waals surface area contributed by atoms with E-state index in [1.54, 1.807) is 36.4 Å². The van der Waals surface area contributed by atoms with Gasteiger partial charge in [0.25, 0.3) is 0 Å². The zero-order valence-electron chi connectivity index (χ0n) is 20.0. The van der Waals surface area contributed by atoms with Crippen molar-refractivity contribution in [3.63, 3.8) is 0 Å². The Kier molecular flexibility index (Phi) is 7.79. The molecule has 4 nitrogen and oxygen atoms in total. The van der Waals surface area contributed by atoms with Gasteiger partial charge in [0.2, 0.25) is 0 Å². The molecule has 3 aromatic carbocycles. The molecule has 0 radical (unpaired) electrons. The van der Waals surface area contributed by atoms with E-state index >= 15 is 0 Å². The summed E-state index contributed by atoms with van der Waals surface area (Å²) in [7, 11) is 0. The summed E-state index contributed by atoms with van der Waals surface area (Å²) < 4.78 is 12.1. The number of benzene rings is 3. The fourth-order valence-corrected chi connectivity index (χ4v) is 4.85. The molecule has 1 saturated carbocycles. The third kappa shape index (κ3) is 5.39. The van der Waals surface area contributed by atoms with Crippen molar-refractivity contribution in [3.8, 4) is 11.5 Å². The normalized spacial score (nSPS) is 13.9. The molecule has 4 heteroatoms. The van der Waals surface area contributed by atoms with E-state index < -0.39 is 11.9 Å². The smallest absolute Gasteiger partial charge is 0.343 e. The average molecular weight is 457 g/mol. The van der Waals surface area contributed by atoms with Crippen molar-refractivity contribution in [2.24, 2.45) is 0 Å². The van der Waals surface area contributed by atoms with Crippen LogP contribution in [0.2, 0.25) is 0 Å². The lowest BCUT2D eigenvalue weighted by molar-refractivity contribution is 0.0679. The van der Waals surface area contributed by atoms with E-state index in [1.165, 1.54) is 12.0 Å². The van der Waals surface area contributed by atoms with Gasteiger partial charge in [-0.2, -0.15) is 0 Å². The molecule has 4 rings (SSSR count). The summed E-state index contributed by atoms with van der Waals surface area (Å²) in [6.07, 6.45) is 7.47. The minimum Gasteiger partial charge on any atom is -0.419 e. The highest BCUT2D eigenvalue weighted by molar-refractivity contribution is 5.93. The molecule has 0 saturated heterocycles. The largest absolute Gasteiger partial charge is 0.419 e. The lowest BCUT2D eigenvalue weighted by Crippen LogP contribution is -2.18. The van der Waals surface area contributed by atoms with Gasteiger partial charge < -0.3 is 9.47 Å². The number of carbonyl (C=O) groups is 2. The Labute approximate surface area is 201 Å². The standard InChI is InChI=1S/C30H32O4/c1-3-13-25-20-21(2)27(33-29(31)23-16-9-5-10-17-23)28(26(25)22-14-7-4-8-15-22)34-30(32)24-18-11-6-12-19-24/h5-6,9-12,16-20,22H,3-4,7-8,13-15H2,1-2H3. The molecule has 34 heavy (non-hydrogen) atoms. The van der Waals surface area contributed by atoms with Crippen molar-refractivity contribution in [3.05, 3.63) is 94.5 Å². The fraction of sp³-hybridized carbons (Fsp3) is 0.333. The molecular formula is C30H32O4. The lowest BCUT2D eigenvalue weighted by Gasteiger charge is -2.28. The highest BCUT2D eigenvalue weighted by Crippen LogP contribution is 2.46. The zero-order valence-corrected chi connectivity index (χ0v) is 20.0. The van der Waals surface area contributed by atoms with Crippen LogP contribution in [0, 0.1) is 6.92 Å². The molecule has 1 aliphatic rings. The van der Waals surface area contributed by atoms with Gasteiger partial charge in [0.15, 0.2) is 11.5 Å². The second-order valence-corrected chi connectivity index (χ2v) is 9.02. The second kappa shape index (κ2) is 11.1. The van der Waals surface area contributed by atoms with Crippen LogP contribution in [-0.4, -0.2) is 11.9 Å². The predicted octanol–water partition coefficient (Wildman–Crippen LogP) is 7.43. The van der Waals surface area contributed by atoms with Gasteiger partial charge >= 0.3 is 11.9 Å². The monoisotopic (exact) mass is 456 g/mol. The molecule has 0 aromatic heterocycles. The number of carbonyl (C=O) groups excluding carboxylic acids is 2. The number of esters is 2. The summed E-state index contributed by atoms with van der Waals surface area (Å²) in [5.74, 6) is 0.136. The maximum Gasteiger partial charge on any atom is 0.343 e. The molecule has 176 valence electrons. The summed E-state index contributed by atoms with van der Waals surface area (Å²) in [4.78, 5) is 26.2. The fourth-order valence-electron chi connectivity index (χ4n) is 4.85. The number of aryl methyl sites for hydroxylation is 2. The molecule has 0 unspecified atom stereocenters. The Hall–Kier alpha value is -3.40. The maximum absolute atomic E-state index is 13.2. The van der Waals surface area contributed by atoms with E-state index in [-0.39, 0.29) is 5.92 Å². The van der Waals surface area contributed by atoms with E-state index in [1.807, 2.05) is 31.2 Å². The number of ether oxygens (including phenoxy) is 2. The average Bonchev–Trinajstić information content (AvgIpc) is 2.88. The van der Waals surface area contributed by atoms with E-state index in [4.69, 9.17) is 9.47 Å². The third-order valence-electron chi connectivity index (χ3n) is 6.49. The van der Waals surface area contributed by atoms with Gasteiger partial charge in [-0.1, -0.05) is 75.1 Å². The Morgan fingerprint density at radius 1 is 0.794 bits per heavy atom. The summed E-state index contributed by atoms with van der Waals surface area (Å²) in [6.45, 7) is 4.07. The van der Waals surface area contributed by atoms with Crippen LogP contribution < -0.4 is 9.47 Å². The van der Waals surface area contributed by atoms with Gasteiger partial charge in [-0.05, 0) is 67.5 Å². The van der Waals surface area contributed by atoms with Crippen LogP contribution in [0.3, 0.4) is 0 Å². The van der Waals surface area contributed by atoms with Crippen molar-refractivity contribution in [2.75, 3.05) is 0 Å². The maximum atomic E-state index is 13.2. The quantitative estimate of drug-likeness (QED) is 0.274. The van der Waals surface area contributed by atoms with Crippen LogP contribution in [0.4, 0.5) is 0 Å². The van der Waals surface area contributed by atoms with Gasteiger partial charge in [0, 0.05) is 5.56 Å². The first kappa shape index (κ1) is 23.7. The van der Waals surface area contributed by atoms with Crippen molar-refractivity contribution in [2.45, 2.75) is 64.7 Å². The highest BCUT2D eigenvalue weighted by atomic mass is 16.6. The molecule has 0 amide bonds. The third-order valence-corrected chi connectivity index (χ3v) is 6.49. The first-order valence-electron chi connectivity index (χ1n) is 12.3. The summed E-state index contributed by atoms with van der Waals surface area (Å²) >= 11 is 0. The van der Waals surface area contributed by atoms with Crippen molar-refractivity contribution in [1.82, 2.24) is 0 Å². The molecule has 0 spiro atoms. The molecule has 0 aliphatic heterocycles. The predicted molar refractivity (Wildman–Crippen MR) is 134 cm³/mol. The van der Waals surface area contributed by atoms with Crippen LogP contribution in [0.1, 0.15) is 88.8 Å². The highest BCUT2D eigenvalue weighted by Gasteiger charge is 2.29. The Morgan fingerprint density at radius 2 is 1.32 bits per heavy atom. The molecule has 1 fully saturated rings. The van der Waals surface area contributed by atoms with Gasteiger partial charge in [-0.25, -0.2) is 9.59 Å². The first-order valence-corrected chi connectivity index (χ1v) is 12.3.